The molecule has 0 aliphatic carbocycles. The molecule has 0 saturated carbocycles. The van der Waals surface area contributed by atoms with E-state index in [0.29, 0.717) is 16.9 Å². The maximum atomic E-state index is 12.5. The van der Waals surface area contributed by atoms with E-state index in [1.54, 1.807) is 24.4 Å². The lowest BCUT2D eigenvalue weighted by atomic mass is 10.1. The minimum atomic E-state index is -3.51. The first-order valence-electron chi connectivity index (χ1n) is 8.93. The van der Waals surface area contributed by atoms with Crippen LogP contribution in [0.3, 0.4) is 0 Å². The predicted molar refractivity (Wildman–Crippen MR) is 113 cm³/mol. The predicted octanol–water partition coefficient (Wildman–Crippen LogP) is 3.65. The number of para-hydroxylation sites is 1. The summed E-state index contributed by atoms with van der Waals surface area (Å²) in [7, 11) is -3.51. The molecule has 0 unspecified atom stereocenters. The smallest absolute Gasteiger partial charge is 0.232 e. The molecule has 0 fully saturated rings. The second-order valence-electron chi connectivity index (χ2n) is 6.86. The van der Waals surface area contributed by atoms with Gasteiger partial charge in [0.15, 0.2) is 0 Å². The van der Waals surface area contributed by atoms with Crippen LogP contribution in [-0.4, -0.2) is 32.1 Å². The van der Waals surface area contributed by atoms with Crippen LogP contribution < -0.4 is 9.62 Å². The third kappa shape index (κ3) is 4.67. The van der Waals surface area contributed by atoms with Crippen LogP contribution in [0.5, 0.6) is 0 Å². The van der Waals surface area contributed by atoms with Crippen molar-refractivity contribution in [3.63, 3.8) is 0 Å². The molecule has 28 heavy (non-hydrogen) atoms. The van der Waals surface area contributed by atoms with E-state index in [1.807, 2.05) is 44.2 Å². The van der Waals surface area contributed by atoms with Crippen molar-refractivity contribution in [1.82, 2.24) is 4.98 Å². The van der Waals surface area contributed by atoms with Crippen molar-refractivity contribution in [2.75, 3.05) is 22.4 Å². The Hall–Kier alpha value is -2.93. The highest BCUT2D eigenvalue weighted by Gasteiger charge is 2.19. The summed E-state index contributed by atoms with van der Waals surface area (Å²) < 4.78 is 25.8. The molecule has 0 saturated heterocycles. The van der Waals surface area contributed by atoms with Gasteiger partial charge in [-0.2, -0.15) is 0 Å². The van der Waals surface area contributed by atoms with Gasteiger partial charge < -0.3 is 5.32 Å². The highest BCUT2D eigenvalue weighted by Crippen LogP contribution is 2.23. The first-order chi connectivity index (χ1) is 13.2. The van der Waals surface area contributed by atoms with E-state index in [0.717, 1.165) is 22.8 Å². The van der Waals surface area contributed by atoms with Crippen molar-refractivity contribution in [3.8, 4) is 0 Å². The van der Waals surface area contributed by atoms with Gasteiger partial charge in [0.2, 0.25) is 15.9 Å². The third-order valence-corrected chi connectivity index (χ3v) is 5.54. The van der Waals surface area contributed by atoms with Crippen LogP contribution in [0.4, 0.5) is 11.4 Å². The van der Waals surface area contributed by atoms with Crippen LogP contribution >= 0.6 is 0 Å². The molecule has 2 aromatic carbocycles. The molecule has 7 heteroatoms. The van der Waals surface area contributed by atoms with Gasteiger partial charge in [-0.3, -0.25) is 14.1 Å². The molecule has 0 aliphatic rings. The molecule has 0 spiro atoms. The monoisotopic (exact) mass is 397 g/mol. The molecule has 0 aliphatic heterocycles. The van der Waals surface area contributed by atoms with Crippen LogP contribution in [0.15, 0.2) is 54.7 Å². The number of pyridine rings is 1. The largest absolute Gasteiger partial charge is 0.324 e. The maximum Gasteiger partial charge on any atom is 0.232 e. The van der Waals surface area contributed by atoms with Crippen LogP contribution in [0.2, 0.25) is 0 Å². The number of sulfonamides is 1. The van der Waals surface area contributed by atoms with Crippen LogP contribution in [-0.2, 0) is 14.8 Å². The number of carbonyl (C=O) groups is 1. The lowest BCUT2D eigenvalue weighted by Gasteiger charge is -2.23. The van der Waals surface area contributed by atoms with Gasteiger partial charge in [0.05, 0.1) is 23.1 Å². The molecule has 1 amide bonds. The van der Waals surface area contributed by atoms with Gasteiger partial charge in [0.1, 0.15) is 0 Å². The number of anilines is 2. The zero-order valence-electron chi connectivity index (χ0n) is 16.1. The van der Waals surface area contributed by atoms with Crippen molar-refractivity contribution in [2.45, 2.75) is 20.3 Å². The van der Waals surface area contributed by atoms with Crippen molar-refractivity contribution in [2.24, 2.45) is 0 Å². The van der Waals surface area contributed by atoms with Gasteiger partial charge in [-0.15, -0.1) is 0 Å². The molecule has 1 aromatic heterocycles. The highest BCUT2D eigenvalue weighted by atomic mass is 32.2. The van der Waals surface area contributed by atoms with Gasteiger partial charge in [-0.1, -0.05) is 24.3 Å². The molecule has 6 nitrogen and oxygen atoms in total. The average Bonchev–Trinajstić information content (AvgIpc) is 2.60. The molecule has 0 radical (unpaired) electrons. The standard InChI is InChI=1S/C21H23N3O3S/c1-15-12-16(2)14-18(13-15)24(28(3,26)27)11-9-20(25)23-19-8-4-6-17-7-5-10-22-21(17)19/h4-8,10,12-14H,9,11H2,1-3H3,(H,23,25). The fourth-order valence-electron chi connectivity index (χ4n) is 3.20. The number of rotatable bonds is 6. The van der Waals surface area contributed by atoms with Crippen LogP contribution in [0.25, 0.3) is 10.9 Å². The maximum absolute atomic E-state index is 12.5. The summed E-state index contributed by atoms with van der Waals surface area (Å²) in [5, 5.41) is 3.77. The number of carbonyl (C=O) groups excluding carboxylic acids is 1. The molecule has 146 valence electrons. The van der Waals surface area contributed by atoms with E-state index in [-0.39, 0.29) is 18.9 Å². The number of benzene rings is 2. The number of nitrogens with one attached hydrogen (secondary N) is 1. The van der Waals surface area contributed by atoms with E-state index in [2.05, 4.69) is 10.3 Å². The minimum Gasteiger partial charge on any atom is -0.324 e. The van der Waals surface area contributed by atoms with Gasteiger partial charge in [-0.05, 0) is 49.2 Å². The number of aryl methyl sites for hydroxylation is 2. The van der Waals surface area contributed by atoms with E-state index in [4.69, 9.17) is 0 Å². The Morgan fingerprint density at radius 2 is 1.75 bits per heavy atom. The molecule has 1 heterocycles. The fourth-order valence-corrected chi connectivity index (χ4v) is 4.11. The van der Waals surface area contributed by atoms with E-state index >= 15 is 0 Å². The molecule has 3 aromatic rings. The zero-order valence-corrected chi connectivity index (χ0v) is 17.0. The summed E-state index contributed by atoms with van der Waals surface area (Å²) in [4.78, 5) is 16.8. The number of amides is 1. The Kier molecular flexibility index (Phi) is 5.65. The molecule has 0 atom stereocenters. The Morgan fingerprint density at radius 3 is 2.43 bits per heavy atom. The van der Waals surface area contributed by atoms with Gasteiger partial charge in [0.25, 0.3) is 0 Å². The number of nitrogens with zero attached hydrogens (tertiary/aromatic N) is 2. The van der Waals surface area contributed by atoms with Gasteiger partial charge in [0, 0.05) is 24.5 Å². The van der Waals surface area contributed by atoms with Crippen molar-refractivity contribution in [1.29, 1.82) is 0 Å². The topological polar surface area (TPSA) is 79.4 Å². The minimum absolute atomic E-state index is 0.0310. The zero-order chi connectivity index (χ0) is 20.3. The molecular weight excluding hydrogens is 374 g/mol. The number of hydrogen-bond acceptors (Lipinski definition) is 4. The first kappa shape index (κ1) is 19.8. The van der Waals surface area contributed by atoms with E-state index in [1.165, 1.54) is 4.31 Å². The lowest BCUT2D eigenvalue weighted by Crippen LogP contribution is -2.33. The Bertz CT molecular complexity index is 1100. The number of aromatic nitrogens is 1. The van der Waals surface area contributed by atoms with Crippen molar-refractivity contribution in [3.05, 3.63) is 65.9 Å². The van der Waals surface area contributed by atoms with Gasteiger partial charge in [-0.25, -0.2) is 8.42 Å². The molecular formula is C21H23N3O3S. The fraction of sp³-hybridized carbons (Fsp3) is 0.238. The van der Waals surface area contributed by atoms with Crippen molar-refractivity contribution >= 4 is 38.2 Å². The van der Waals surface area contributed by atoms with Crippen molar-refractivity contribution < 1.29 is 13.2 Å². The second-order valence-corrected chi connectivity index (χ2v) is 8.77. The summed E-state index contributed by atoms with van der Waals surface area (Å²) >= 11 is 0. The average molecular weight is 398 g/mol. The SMILES string of the molecule is Cc1cc(C)cc(N(CCC(=O)Nc2cccc3cccnc23)S(C)(=O)=O)c1. The number of fused-ring (bicyclic) bond motifs is 1. The Labute approximate surface area is 165 Å². The quantitative estimate of drug-likeness (QED) is 0.689. The number of hydrogen-bond donors (Lipinski definition) is 1. The highest BCUT2D eigenvalue weighted by molar-refractivity contribution is 7.92. The molecule has 0 bridgehead atoms. The summed E-state index contributed by atoms with van der Waals surface area (Å²) in [6.07, 6.45) is 2.85. The summed E-state index contributed by atoms with van der Waals surface area (Å²) in [5.74, 6) is -0.267. The van der Waals surface area contributed by atoms with Crippen LogP contribution in [0, 0.1) is 13.8 Å². The summed E-state index contributed by atoms with van der Waals surface area (Å²) in [6, 6.07) is 14.9. The third-order valence-electron chi connectivity index (χ3n) is 4.34. The first-order valence-corrected chi connectivity index (χ1v) is 10.8. The van der Waals surface area contributed by atoms with E-state index < -0.39 is 10.0 Å². The van der Waals surface area contributed by atoms with Gasteiger partial charge >= 0.3 is 0 Å². The summed E-state index contributed by atoms with van der Waals surface area (Å²) in [5.41, 5.74) is 3.82. The normalized spacial score (nSPS) is 11.4. The van der Waals surface area contributed by atoms with E-state index in [9.17, 15) is 13.2 Å². The Balaban J connectivity index is 1.77. The second kappa shape index (κ2) is 7.98. The Morgan fingerprint density at radius 1 is 1.07 bits per heavy atom. The molecule has 3 rings (SSSR count). The molecule has 1 N–H and O–H groups in total. The lowest BCUT2D eigenvalue weighted by molar-refractivity contribution is -0.116. The summed E-state index contributed by atoms with van der Waals surface area (Å²) in [6.45, 7) is 3.89. The van der Waals surface area contributed by atoms with Crippen LogP contribution in [0.1, 0.15) is 17.5 Å².